The second-order valence-electron chi connectivity index (χ2n) is 9.06. The SMILES string of the molecule is O=C(c1ccc2c(c1)ncn2S(=O)(=O)C(F)(F)F)N1CCCC2c3cc(OS(=O)(=O)C(F)(F)F)ccc3CC21. The summed E-state index contributed by atoms with van der Waals surface area (Å²) >= 11 is 0. The molecular formula is C22H17F6N3O6S2. The van der Waals surface area contributed by atoms with E-state index in [1.165, 1.54) is 29.2 Å². The number of hydrogen-bond acceptors (Lipinski definition) is 7. The molecule has 0 bridgehead atoms. The molecule has 0 saturated carbocycles. The highest BCUT2D eigenvalue weighted by atomic mass is 32.2. The fourth-order valence-electron chi connectivity index (χ4n) is 5.07. The summed E-state index contributed by atoms with van der Waals surface area (Å²) < 4.78 is 128. The van der Waals surface area contributed by atoms with E-state index in [-0.39, 0.29) is 26.5 Å². The van der Waals surface area contributed by atoms with Crippen molar-refractivity contribution in [1.29, 1.82) is 0 Å². The molecule has 2 unspecified atom stereocenters. The maximum Gasteiger partial charge on any atom is 0.534 e. The van der Waals surface area contributed by atoms with Crippen LogP contribution in [0.3, 0.4) is 0 Å². The summed E-state index contributed by atoms with van der Waals surface area (Å²) in [6, 6.07) is 6.76. The van der Waals surface area contributed by atoms with E-state index >= 15 is 0 Å². The van der Waals surface area contributed by atoms with Crippen molar-refractivity contribution in [1.82, 2.24) is 13.9 Å². The van der Waals surface area contributed by atoms with Gasteiger partial charge in [-0.2, -0.15) is 43.2 Å². The monoisotopic (exact) mass is 597 g/mol. The molecule has 2 atom stereocenters. The van der Waals surface area contributed by atoms with Crippen LogP contribution in [0.2, 0.25) is 0 Å². The van der Waals surface area contributed by atoms with Crippen molar-refractivity contribution in [3.05, 3.63) is 59.4 Å². The van der Waals surface area contributed by atoms with E-state index in [0.29, 0.717) is 43.3 Å². The first-order chi connectivity index (χ1) is 18.0. The first-order valence-corrected chi connectivity index (χ1v) is 14.1. The van der Waals surface area contributed by atoms with Gasteiger partial charge in [0.1, 0.15) is 12.1 Å². The number of carbonyl (C=O) groups excluding carboxylic acids is 1. The van der Waals surface area contributed by atoms with Gasteiger partial charge >= 0.3 is 31.2 Å². The average molecular weight is 598 g/mol. The van der Waals surface area contributed by atoms with Gasteiger partial charge < -0.3 is 9.08 Å². The van der Waals surface area contributed by atoms with Gasteiger partial charge in [0.15, 0.2) is 0 Å². The van der Waals surface area contributed by atoms with Crippen LogP contribution in [-0.2, 0) is 26.6 Å². The summed E-state index contributed by atoms with van der Waals surface area (Å²) in [4.78, 5) is 18.7. The minimum absolute atomic E-state index is 0.0141. The van der Waals surface area contributed by atoms with Gasteiger partial charge in [0.2, 0.25) is 0 Å². The number of likely N-dealkylation sites (tertiary alicyclic amines) is 1. The molecule has 5 rings (SSSR count). The van der Waals surface area contributed by atoms with Crippen LogP contribution in [0, 0.1) is 0 Å². The molecule has 9 nitrogen and oxygen atoms in total. The number of halogens is 6. The fourth-order valence-corrected chi connectivity index (χ4v) is 6.33. The Hall–Kier alpha value is -3.34. The molecule has 210 valence electrons. The van der Waals surface area contributed by atoms with E-state index in [2.05, 4.69) is 9.17 Å². The van der Waals surface area contributed by atoms with Crippen molar-refractivity contribution in [3.8, 4) is 5.75 Å². The fraction of sp³-hybridized carbons (Fsp3) is 0.364. The summed E-state index contributed by atoms with van der Waals surface area (Å²) in [6.45, 7) is 0.314. The molecule has 39 heavy (non-hydrogen) atoms. The molecule has 2 heterocycles. The van der Waals surface area contributed by atoms with Gasteiger partial charge in [-0.1, -0.05) is 6.07 Å². The Morgan fingerprint density at radius 2 is 1.69 bits per heavy atom. The number of fused-ring (bicyclic) bond motifs is 4. The Labute approximate surface area is 217 Å². The van der Waals surface area contributed by atoms with E-state index in [1.54, 1.807) is 0 Å². The van der Waals surface area contributed by atoms with Crippen molar-refractivity contribution in [2.45, 2.75) is 42.2 Å². The van der Waals surface area contributed by atoms with E-state index < -0.39 is 48.9 Å². The van der Waals surface area contributed by atoms with E-state index in [9.17, 15) is 48.0 Å². The Kier molecular flexibility index (Phi) is 6.17. The summed E-state index contributed by atoms with van der Waals surface area (Å²) in [7, 11) is -11.6. The second-order valence-corrected chi connectivity index (χ2v) is 12.4. The number of piperidine rings is 1. The number of amides is 1. The summed E-state index contributed by atoms with van der Waals surface area (Å²) in [6.07, 6.45) is 1.91. The molecule has 0 radical (unpaired) electrons. The topological polar surface area (TPSA) is 116 Å². The molecule has 2 aromatic carbocycles. The molecule has 1 saturated heterocycles. The summed E-state index contributed by atoms with van der Waals surface area (Å²) in [5.41, 5.74) is -10.4. The van der Waals surface area contributed by atoms with E-state index in [4.69, 9.17) is 0 Å². The highest BCUT2D eigenvalue weighted by Crippen LogP contribution is 2.44. The number of carbonyl (C=O) groups is 1. The van der Waals surface area contributed by atoms with Gasteiger partial charge in [0.05, 0.1) is 11.0 Å². The Bertz CT molecular complexity index is 1700. The van der Waals surface area contributed by atoms with Crippen LogP contribution >= 0.6 is 0 Å². The molecule has 3 aromatic rings. The third-order valence-corrected chi connectivity index (χ3v) is 9.16. The van der Waals surface area contributed by atoms with Crippen molar-refractivity contribution in [3.63, 3.8) is 0 Å². The molecule has 1 aliphatic heterocycles. The van der Waals surface area contributed by atoms with Crippen LogP contribution < -0.4 is 4.18 Å². The van der Waals surface area contributed by atoms with Crippen LogP contribution in [0.1, 0.15) is 40.2 Å². The molecule has 0 spiro atoms. The molecule has 1 fully saturated rings. The first kappa shape index (κ1) is 27.2. The van der Waals surface area contributed by atoms with Crippen molar-refractivity contribution < 1.29 is 52.2 Å². The number of rotatable bonds is 4. The normalized spacial score (nSPS) is 20.1. The predicted molar refractivity (Wildman–Crippen MR) is 123 cm³/mol. The van der Waals surface area contributed by atoms with Crippen LogP contribution in [0.5, 0.6) is 5.75 Å². The maximum atomic E-state index is 13.4. The summed E-state index contributed by atoms with van der Waals surface area (Å²) in [5.74, 6) is -1.33. The number of imidazole rings is 1. The molecule has 0 N–H and O–H groups in total. The highest BCUT2D eigenvalue weighted by molar-refractivity contribution is 7.91. The van der Waals surface area contributed by atoms with Gasteiger partial charge in [-0.05, 0) is 60.7 Å². The number of aromatic nitrogens is 2. The molecule has 1 amide bonds. The lowest BCUT2D eigenvalue weighted by molar-refractivity contribution is -0.0500. The van der Waals surface area contributed by atoms with Gasteiger partial charge in [0.25, 0.3) is 5.91 Å². The van der Waals surface area contributed by atoms with Crippen LogP contribution in [-0.4, -0.2) is 60.2 Å². The third kappa shape index (κ3) is 4.50. The summed E-state index contributed by atoms with van der Waals surface area (Å²) in [5, 5.41) is 0. The third-order valence-electron chi connectivity index (χ3n) is 6.79. The Morgan fingerprint density at radius 1 is 0.974 bits per heavy atom. The molecule has 2 aliphatic rings. The van der Waals surface area contributed by atoms with Crippen molar-refractivity contribution in [2.75, 3.05) is 6.54 Å². The zero-order chi connectivity index (χ0) is 28.5. The molecular weight excluding hydrogens is 580 g/mol. The Morgan fingerprint density at radius 3 is 2.36 bits per heavy atom. The van der Waals surface area contributed by atoms with Crippen molar-refractivity contribution in [2.24, 2.45) is 0 Å². The standard InChI is InChI=1S/C22H17F6N3O6S2/c23-21(24,25)38(33,34)31-11-29-17-8-13(4-6-18(17)31)20(32)30-7-1-2-15-16-10-14(5-3-12(16)9-19(15)30)37-39(35,36)22(26,27)28/h3-6,8,10-11,15,19H,1-2,7,9H2. The lowest BCUT2D eigenvalue weighted by Crippen LogP contribution is -2.46. The van der Waals surface area contributed by atoms with Gasteiger partial charge in [-0.15, -0.1) is 0 Å². The van der Waals surface area contributed by atoms with Gasteiger partial charge in [-0.3, -0.25) is 4.79 Å². The minimum atomic E-state index is -5.86. The second kappa shape index (κ2) is 8.84. The van der Waals surface area contributed by atoms with Gasteiger partial charge in [0, 0.05) is 24.1 Å². The minimum Gasteiger partial charge on any atom is -0.376 e. The molecule has 1 aromatic heterocycles. The smallest absolute Gasteiger partial charge is 0.376 e. The van der Waals surface area contributed by atoms with Crippen LogP contribution in [0.15, 0.2) is 42.7 Å². The first-order valence-electron chi connectivity index (χ1n) is 11.2. The van der Waals surface area contributed by atoms with Crippen molar-refractivity contribution >= 4 is 37.1 Å². The lowest BCUT2D eigenvalue weighted by atomic mass is 9.88. The number of alkyl halides is 6. The predicted octanol–water partition coefficient (Wildman–Crippen LogP) is 3.91. The molecule has 17 heteroatoms. The maximum absolute atomic E-state index is 13.4. The van der Waals surface area contributed by atoms with Crippen LogP contribution in [0.25, 0.3) is 11.0 Å². The highest BCUT2D eigenvalue weighted by Gasteiger charge is 2.49. The Balaban J connectivity index is 1.41. The zero-order valence-corrected chi connectivity index (χ0v) is 21.0. The van der Waals surface area contributed by atoms with Gasteiger partial charge in [-0.25, -0.2) is 8.96 Å². The largest absolute Gasteiger partial charge is 0.534 e. The van der Waals surface area contributed by atoms with Crippen LogP contribution in [0.4, 0.5) is 26.3 Å². The molecule has 1 aliphatic carbocycles. The quantitative estimate of drug-likeness (QED) is 0.255. The number of benzene rings is 2. The average Bonchev–Trinajstić information content (AvgIpc) is 3.43. The van der Waals surface area contributed by atoms with E-state index in [0.717, 1.165) is 12.1 Å². The number of hydrogen-bond donors (Lipinski definition) is 0. The number of nitrogens with zero attached hydrogens (tertiary/aromatic N) is 3. The van der Waals surface area contributed by atoms with E-state index in [1.807, 2.05) is 0 Å². The lowest BCUT2D eigenvalue weighted by Gasteiger charge is -2.38. The zero-order valence-electron chi connectivity index (χ0n) is 19.4.